The minimum atomic E-state index is -0.183. The molecule has 2 aromatic rings. The average Bonchev–Trinajstić information content (AvgIpc) is 2.37. The minimum Gasteiger partial charge on any atom is -0.306 e. The molecule has 1 N–H and O–H groups in total. The van der Waals surface area contributed by atoms with E-state index in [4.69, 9.17) is 0 Å². The second kappa shape index (κ2) is 5.78. The molecule has 1 atom stereocenters. The topological polar surface area (TPSA) is 12.0 Å². The Morgan fingerprint density at radius 3 is 2.61 bits per heavy atom. The Morgan fingerprint density at radius 1 is 1.11 bits per heavy atom. The number of aryl methyl sites for hydroxylation is 1. The largest absolute Gasteiger partial charge is 0.306 e. The molecule has 18 heavy (non-hydrogen) atoms. The van der Waals surface area contributed by atoms with Gasteiger partial charge < -0.3 is 5.32 Å². The minimum absolute atomic E-state index is 0.183. The molecule has 0 heterocycles. The van der Waals surface area contributed by atoms with Gasteiger partial charge in [-0.1, -0.05) is 36.4 Å². The molecule has 0 bridgehead atoms. The third-order valence-corrected chi connectivity index (χ3v) is 3.16. The third-order valence-electron chi connectivity index (χ3n) is 3.16. The fourth-order valence-corrected chi connectivity index (χ4v) is 2.10. The smallest absolute Gasteiger partial charge is 0.123 e. The maximum atomic E-state index is 13.1. The van der Waals surface area contributed by atoms with Crippen molar-refractivity contribution in [1.82, 2.24) is 5.32 Å². The summed E-state index contributed by atoms with van der Waals surface area (Å²) in [5.74, 6) is -0.183. The van der Waals surface area contributed by atoms with Crippen LogP contribution in [0.25, 0.3) is 0 Å². The maximum Gasteiger partial charge on any atom is 0.123 e. The van der Waals surface area contributed by atoms with Crippen molar-refractivity contribution < 1.29 is 4.39 Å². The highest BCUT2D eigenvalue weighted by Crippen LogP contribution is 2.17. The molecule has 0 radical (unpaired) electrons. The summed E-state index contributed by atoms with van der Waals surface area (Å²) < 4.78 is 13.1. The van der Waals surface area contributed by atoms with Gasteiger partial charge in [0.15, 0.2) is 0 Å². The molecular formula is C16H18FN. The Morgan fingerprint density at radius 2 is 1.89 bits per heavy atom. The molecule has 0 spiro atoms. The molecule has 0 amide bonds. The second-order valence-electron chi connectivity index (χ2n) is 4.59. The zero-order valence-electron chi connectivity index (χ0n) is 10.8. The fraction of sp³-hybridized carbons (Fsp3) is 0.250. The van der Waals surface area contributed by atoms with Gasteiger partial charge in [-0.3, -0.25) is 0 Å². The van der Waals surface area contributed by atoms with E-state index in [0.717, 1.165) is 5.56 Å². The van der Waals surface area contributed by atoms with E-state index in [9.17, 15) is 4.39 Å². The van der Waals surface area contributed by atoms with Crippen LogP contribution in [-0.4, -0.2) is 0 Å². The monoisotopic (exact) mass is 243 g/mol. The lowest BCUT2D eigenvalue weighted by molar-refractivity contribution is 0.567. The van der Waals surface area contributed by atoms with Gasteiger partial charge in [0.1, 0.15) is 5.82 Å². The Balaban J connectivity index is 2.00. The van der Waals surface area contributed by atoms with Crippen molar-refractivity contribution in [3.8, 4) is 0 Å². The molecule has 0 fully saturated rings. The van der Waals surface area contributed by atoms with E-state index in [-0.39, 0.29) is 11.9 Å². The highest BCUT2D eigenvalue weighted by molar-refractivity contribution is 5.28. The Kier molecular flexibility index (Phi) is 4.11. The van der Waals surface area contributed by atoms with Gasteiger partial charge in [-0.25, -0.2) is 4.39 Å². The van der Waals surface area contributed by atoms with Gasteiger partial charge in [-0.2, -0.15) is 0 Å². The third kappa shape index (κ3) is 3.17. The maximum absolute atomic E-state index is 13.1. The first-order chi connectivity index (χ1) is 8.66. The summed E-state index contributed by atoms with van der Waals surface area (Å²) in [5.41, 5.74) is 3.53. The molecule has 2 rings (SSSR count). The molecule has 1 nitrogen and oxygen atoms in total. The van der Waals surface area contributed by atoms with Crippen molar-refractivity contribution in [2.75, 3.05) is 0 Å². The lowest BCUT2D eigenvalue weighted by Crippen LogP contribution is -2.18. The summed E-state index contributed by atoms with van der Waals surface area (Å²) in [6.07, 6.45) is 0. The van der Waals surface area contributed by atoms with E-state index in [2.05, 4.69) is 31.3 Å². The van der Waals surface area contributed by atoms with Crippen LogP contribution in [0.2, 0.25) is 0 Å². The highest BCUT2D eigenvalue weighted by atomic mass is 19.1. The first-order valence-electron chi connectivity index (χ1n) is 6.20. The van der Waals surface area contributed by atoms with Crippen molar-refractivity contribution in [2.45, 2.75) is 26.4 Å². The molecule has 0 saturated heterocycles. The van der Waals surface area contributed by atoms with E-state index in [1.807, 2.05) is 18.2 Å². The standard InChI is InChI=1S/C16H18FN/c1-12-6-3-4-9-16(12)13(2)18-11-14-7-5-8-15(17)10-14/h3-10,13,18H,11H2,1-2H3/t13-/m1/s1. The van der Waals surface area contributed by atoms with Gasteiger partial charge >= 0.3 is 0 Å². The molecule has 0 aromatic heterocycles. The van der Waals surface area contributed by atoms with Gasteiger partial charge in [0.25, 0.3) is 0 Å². The number of hydrogen-bond donors (Lipinski definition) is 1. The lowest BCUT2D eigenvalue weighted by Gasteiger charge is -2.16. The van der Waals surface area contributed by atoms with Gasteiger partial charge in [0.2, 0.25) is 0 Å². The van der Waals surface area contributed by atoms with Crippen molar-refractivity contribution in [2.24, 2.45) is 0 Å². The molecule has 0 saturated carbocycles. The Bertz CT molecular complexity index is 522. The zero-order chi connectivity index (χ0) is 13.0. The first kappa shape index (κ1) is 12.8. The normalized spacial score (nSPS) is 12.4. The molecule has 2 heteroatoms. The van der Waals surface area contributed by atoms with Crippen LogP contribution in [0.4, 0.5) is 4.39 Å². The molecular weight excluding hydrogens is 225 g/mol. The van der Waals surface area contributed by atoms with Crippen molar-refractivity contribution >= 4 is 0 Å². The quantitative estimate of drug-likeness (QED) is 0.856. The van der Waals surface area contributed by atoms with E-state index >= 15 is 0 Å². The summed E-state index contributed by atoms with van der Waals surface area (Å²) in [7, 11) is 0. The summed E-state index contributed by atoms with van der Waals surface area (Å²) in [5, 5.41) is 3.42. The van der Waals surface area contributed by atoms with Crippen LogP contribution < -0.4 is 5.32 Å². The predicted molar refractivity (Wildman–Crippen MR) is 72.8 cm³/mol. The van der Waals surface area contributed by atoms with Crippen LogP contribution >= 0.6 is 0 Å². The van der Waals surface area contributed by atoms with E-state index < -0.39 is 0 Å². The van der Waals surface area contributed by atoms with Crippen LogP contribution in [0.1, 0.15) is 29.7 Å². The van der Waals surface area contributed by atoms with Crippen molar-refractivity contribution in [3.05, 3.63) is 71.0 Å². The van der Waals surface area contributed by atoms with Crippen LogP contribution in [0.15, 0.2) is 48.5 Å². The summed E-state index contributed by atoms with van der Waals surface area (Å²) in [6.45, 7) is 4.91. The fourth-order valence-electron chi connectivity index (χ4n) is 2.10. The van der Waals surface area contributed by atoms with Crippen molar-refractivity contribution in [3.63, 3.8) is 0 Å². The van der Waals surface area contributed by atoms with Crippen LogP contribution in [0, 0.1) is 12.7 Å². The van der Waals surface area contributed by atoms with E-state index in [1.54, 1.807) is 12.1 Å². The molecule has 0 aliphatic rings. The molecule has 2 aromatic carbocycles. The predicted octanol–water partition coefficient (Wildman–Crippen LogP) is 3.98. The van der Waals surface area contributed by atoms with Gasteiger partial charge in [-0.05, 0) is 42.7 Å². The Hall–Kier alpha value is -1.67. The van der Waals surface area contributed by atoms with E-state index in [0.29, 0.717) is 6.54 Å². The van der Waals surface area contributed by atoms with Crippen LogP contribution in [0.5, 0.6) is 0 Å². The van der Waals surface area contributed by atoms with Gasteiger partial charge in [0.05, 0.1) is 0 Å². The molecule has 0 aliphatic heterocycles. The number of halogens is 1. The SMILES string of the molecule is Cc1ccccc1[C@@H](C)NCc1cccc(F)c1. The van der Waals surface area contributed by atoms with Crippen LogP contribution in [-0.2, 0) is 6.54 Å². The summed E-state index contributed by atoms with van der Waals surface area (Å²) in [4.78, 5) is 0. The number of benzene rings is 2. The highest BCUT2D eigenvalue weighted by Gasteiger charge is 2.07. The Labute approximate surface area is 108 Å². The summed E-state index contributed by atoms with van der Waals surface area (Å²) >= 11 is 0. The van der Waals surface area contributed by atoms with Gasteiger partial charge in [0, 0.05) is 12.6 Å². The second-order valence-corrected chi connectivity index (χ2v) is 4.59. The van der Waals surface area contributed by atoms with Gasteiger partial charge in [-0.15, -0.1) is 0 Å². The summed E-state index contributed by atoms with van der Waals surface area (Å²) in [6, 6.07) is 15.3. The van der Waals surface area contributed by atoms with Crippen LogP contribution in [0.3, 0.4) is 0 Å². The lowest BCUT2D eigenvalue weighted by atomic mass is 10.0. The molecule has 94 valence electrons. The number of hydrogen-bond acceptors (Lipinski definition) is 1. The molecule has 0 unspecified atom stereocenters. The number of rotatable bonds is 4. The average molecular weight is 243 g/mol. The zero-order valence-corrected chi connectivity index (χ0v) is 10.8. The first-order valence-corrected chi connectivity index (χ1v) is 6.20. The van der Waals surface area contributed by atoms with E-state index in [1.165, 1.54) is 17.2 Å². The number of nitrogens with one attached hydrogen (secondary N) is 1. The molecule has 0 aliphatic carbocycles. The van der Waals surface area contributed by atoms with Crippen molar-refractivity contribution in [1.29, 1.82) is 0 Å².